The minimum absolute atomic E-state index is 0.0891. The molecule has 2 N–H and O–H groups in total. The summed E-state index contributed by atoms with van der Waals surface area (Å²) in [5.74, 6) is 1.16. The van der Waals surface area contributed by atoms with Gasteiger partial charge >= 0.3 is 5.69 Å². The lowest BCUT2D eigenvalue weighted by Crippen LogP contribution is -2.37. The van der Waals surface area contributed by atoms with Crippen LogP contribution < -0.4 is 5.69 Å². The Morgan fingerprint density at radius 1 is 0.925 bits per heavy atom. The number of para-hydroxylation sites is 2. The molecule has 4 heterocycles. The van der Waals surface area contributed by atoms with Crippen LogP contribution in [0.2, 0.25) is 0 Å². The normalized spacial score (nSPS) is 20.8. The van der Waals surface area contributed by atoms with E-state index in [0.717, 1.165) is 72.6 Å². The van der Waals surface area contributed by atoms with Gasteiger partial charge in [-0.3, -0.25) is 14.6 Å². The average molecular weight is 530 g/mol. The van der Waals surface area contributed by atoms with Gasteiger partial charge in [-0.15, -0.1) is 0 Å². The average Bonchev–Trinajstić information content (AvgIpc) is 3.44. The molecule has 2 fully saturated rings. The fourth-order valence-electron chi connectivity index (χ4n) is 6.65. The Morgan fingerprint density at radius 2 is 1.70 bits per heavy atom. The molecule has 1 saturated heterocycles. The molecule has 40 heavy (non-hydrogen) atoms. The van der Waals surface area contributed by atoms with E-state index in [2.05, 4.69) is 61.1 Å². The molecule has 0 radical (unpaired) electrons. The number of aromatic amines is 2. The van der Waals surface area contributed by atoms with Crippen LogP contribution in [0.25, 0.3) is 33.7 Å². The molecule has 5 aromatic rings. The van der Waals surface area contributed by atoms with Gasteiger partial charge in [-0.25, -0.2) is 14.8 Å². The van der Waals surface area contributed by atoms with Gasteiger partial charge in [0.25, 0.3) is 0 Å². The predicted octanol–water partition coefficient (Wildman–Crippen LogP) is 5.23. The zero-order valence-electron chi connectivity index (χ0n) is 22.3. The topological polar surface area (TPSA) is 95.5 Å². The molecule has 0 bridgehead atoms. The Balaban J connectivity index is 0.987. The molecule has 2 aromatic carbocycles. The highest BCUT2D eigenvalue weighted by Gasteiger charge is 2.41. The van der Waals surface area contributed by atoms with Crippen molar-refractivity contribution >= 4 is 11.0 Å². The Hall–Kier alpha value is -4.30. The molecule has 8 heteroatoms. The number of likely N-dealkylation sites (tertiary alicyclic amines) is 1. The predicted molar refractivity (Wildman–Crippen MR) is 155 cm³/mol. The quantitative estimate of drug-likeness (QED) is 0.304. The van der Waals surface area contributed by atoms with Crippen LogP contribution in [-0.4, -0.2) is 47.7 Å². The number of rotatable bonds is 5. The molecule has 2 atom stereocenters. The van der Waals surface area contributed by atoms with E-state index in [0.29, 0.717) is 11.8 Å². The van der Waals surface area contributed by atoms with Gasteiger partial charge in [0.1, 0.15) is 5.69 Å². The minimum Gasteiger partial charge on any atom is -0.309 e. The number of nitrogens with zero attached hydrogens (tertiary/aromatic N) is 5. The third-order valence-corrected chi connectivity index (χ3v) is 8.85. The van der Waals surface area contributed by atoms with Gasteiger partial charge in [-0.05, 0) is 48.9 Å². The standard InChI is InChI=1S/C32H31N7O/c40-32-36-30-24-18-22(24)4-3-7-28(30)39(32)23-13-16-38(17-14-23)19-20-8-10-21(11-9-20)29-31(27-12-15-33-37-27)35-26-6-2-1-5-25(26)34-29/h1-6,8-12,15,22-24H,7,13-14,16-19H2,(H,33,37)(H,36,40). The fourth-order valence-corrected chi connectivity index (χ4v) is 6.65. The van der Waals surface area contributed by atoms with Gasteiger partial charge in [0, 0.05) is 61.2 Å². The summed E-state index contributed by atoms with van der Waals surface area (Å²) in [5, 5.41) is 7.18. The number of fused-ring (bicyclic) bond motifs is 4. The highest BCUT2D eigenvalue weighted by atomic mass is 16.1. The number of imidazole rings is 1. The summed E-state index contributed by atoms with van der Waals surface area (Å²) in [5.41, 5.74) is 9.07. The van der Waals surface area contributed by atoms with Crippen LogP contribution in [0, 0.1) is 5.92 Å². The van der Waals surface area contributed by atoms with Crippen LogP contribution in [0.15, 0.2) is 77.7 Å². The highest BCUT2D eigenvalue weighted by molar-refractivity contribution is 5.85. The lowest BCUT2D eigenvalue weighted by atomic mass is 10.0. The second-order valence-corrected chi connectivity index (χ2v) is 11.4. The molecular weight excluding hydrogens is 498 g/mol. The van der Waals surface area contributed by atoms with Crippen LogP contribution in [-0.2, 0) is 13.0 Å². The summed E-state index contributed by atoms with van der Waals surface area (Å²) >= 11 is 0. The first kappa shape index (κ1) is 23.6. The first-order valence-corrected chi connectivity index (χ1v) is 14.3. The summed E-state index contributed by atoms with van der Waals surface area (Å²) < 4.78 is 2.09. The van der Waals surface area contributed by atoms with Crippen molar-refractivity contribution in [1.82, 2.24) is 34.6 Å². The molecule has 3 aromatic heterocycles. The number of hydrogen-bond donors (Lipinski definition) is 2. The highest BCUT2D eigenvalue weighted by Crippen LogP contribution is 2.50. The molecule has 3 aliphatic rings. The van der Waals surface area contributed by atoms with Crippen LogP contribution >= 0.6 is 0 Å². The van der Waals surface area contributed by atoms with Gasteiger partial charge in [-0.1, -0.05) is 48.6 Å². The minimum atomic E-state index is 0.0891. The smallest absolute Gasteiger partial charge is 0.309 e. The molecule has 1 aliphatic heterocycles. The van der Waals surface area contributed by atoms with E-state index in [1.165, 1.54) is 23.4 Å². The first-order chi connectivity index (χ1) is 19.7. The largest absolute Gasteiger partial charge is 0.326 e. The number of H-pyrrole nitrogens is 2. The molecule has 8 rings (SSSR count). The number of piperidine rings is 1. The van der Waals surface area contributed by atoms with Gasteiger partial charge < -0.3 is 4.98 Å². The van der Waals surface area contributed by atoms with Gasteiger partial charge in [-0.2, -0.15) is 5.10 Å². The second kappa shape index (κ2) is 9.41. The molecule has 2 aliphatic carbocycles. The Morgan fingerprint density at radius 3 is 2.45 bits per heavy atom. The number of benzene rings is 2. The lowest BCUT2D eigenvalue weighted by molar-refractivity contribution is 0.177. The maximum atomic E-state index is 12.9. The van der Waals surface area contributed by atoms with Crippen molar-refractivity contribution in [1.29, 1.82) is 0 Å². The SMILES string of the molecule is O=c1[nH]c2c(n1C1CCN(Cc3ccc(-c4nc5ccccc5nc4-c4ccn[nH]4)cc3)CC1)CC=CC1CC21. The molecular formula is C32H31N7O. The molecule has 2 unspecified atom stereocenters. The van der Waals surface area contributed by atoms with Gasteiger partial charge in [0.05, 0.1) is 22.4 Å². The molecule has 8 nitrogen and oxygen atoms in total. The first-order valence-electron chi connectivity index (χ1n) is 14.3. The van der Waals surface area contributed by atoms with Crippen molar-refractivity contribution in [2.75, 3.05) is 13.1 Å². The van der Waals surface area contributed by atoms with Crippen molar-refractivity contribution in [2.45, 2.75) is 44.2 Å². The van der Waals surface area contributed by atoms with E-state index in [1.54, 1.807) is 6.20 Å². The van der Waals surface area contributed by atoms with Crippen LogP contribution in [0.3, 0.4) is 0 Å². The van der Waals surface area contributed by atoms with Crippen molar-refractivity contribution < 1.29 is 0 Å². The summed E-state index contributed by atoms with van der Waals surface area (Å²) in [6, 6.07) is 18.9. The van der Waals surface area contributed by atoms with Crippen LogP contribution in [0.5, 0.6) is 0 Å². The van der Waals surface area contributed by atoms with E-state index >= 15 is 0 Å². The summed E-state index contributed by atoms with van der Waals surface area (Å²) in [6.07, 6.45) is 10.4. The molecule has 1 saturated carbocycles. The number of nitrogens with one attached hydrogen (secondary N) is 2. The second-order valence-electron chi connectivity index (χ2n) is 11.4. The Labute approximate surface area is 231 Å². The third kappa shape index (κ3) is 4.10. The number of allylic oxidation sites excluding steroid dienone is 2. The van der Waals surface area contributed by atoms with Gasteiger partial charge in [0.2, 0.25) is 0 Å². The lowest BCUT2D eigenvalue weighted by Gasteiger charge is -2.33. The van der Waals surface area contributed by atoms with Gasteiger partial charge in [0.15, 0.2) is 0 Å². The maximum Gasteiger partial charge on any atom is 0.326 e. The van der Waals surface area contributed by atoms with E-state index in [1.807, 2.05) is 30.3 Å². The van der Waals surface area contributed by atoms with Crippen molar-refractivity contribution in [3.05, 3.63) is 100 Å². The van der Waals surface area contributed by atoms with Crippen LogP contribution in [0.1, 0.15) is 48.2 Å². The summed E-state index contributed by atoms with van der Waals surface area (Å²) in [7, 11) is 0. The summed E-state index contributed by atoms with van der Waals surface area (Å²) in [4.78, 5) is 28.5. The summed E-state index contributed by atoms with van der Waals surface area (Å²) in [6.45, 7) is 2.87. The molecule has 200 valence electrons. The van der Waals surface area contributed by atoms with E-state index in [9.17, 15) is 4.79 Å². The molecule has 0 amide bonds. The third-order valence-electron chi connectivity index (χ3n) is 8.85. The van der Waals surface area contributed by atoms with Crippen LogP contribution in [0.4, 0.5) is 0 Å². The Bertz CT molecular complexity index is 1770. The van der Waals surface area contributed by atoms with Crippen molar-refractivity contribution in [3.8, 4) is 22.6 Å². The number of aromatic nitrogens is 6. The van der Waals surface area contributed by atoms with Crippen molar-refractivity contribution in [3.63, 3.8) is 0 Å². The number of hydrogen-bond acceptors (Lipinski definition) is 5. The monoisotopic (exact) mass is 529 g/mol. The van der Waals surface area contributed by atoms with E-state index < -0.39 is 0 Å². The zero-order valence-corrected chi connectivity index (χ0v) is 22.3. The van der Waals surface area contributed by atoms with E-state index in [4.69, 9.17) is 9.97 Å². The molecule has 0 spiro atoms. The zero-order chi connectivity index (χ0) is 26.6. The maximum absolute atomic E-state index is 12.9. The Kier molecular flexibility index (Phi) is 5.55. The fraction of sp³-hybridized carbons (Fsp3) is 0.312. The van der Waals surface area contributed by atoms with E-state index in [-0.39, 0.29) is 11.7 Å². The van der Waals surface area contributed by atoms with Crippen molar-refractivity contribution in [2.24, 2.45) is 5.92 Å².